The Bertz CT molecular complexity index is 1540. The van der Waals surface area contributed by atoms with Crippen molar-refractivity contribution in [3.63, 3.8) is 0 Å². The fourth-order valence-electron chi connectivity index (χ4n) is 7.35. The van der Waals surface area contributed by atoms with Crippen molar-refractivity contribution in [1.29, 1.82) is 0 Å². The van der Waals surface area contributed by atoms with Crippen molar-refractivity contribution in [2.45, 2.75) is 16.3 Å². The van der Waals surface area contributed by atoms with Gasteiger partial charge in [-0.1, -0.05) is 0 Å². The van der Waals surface area contributed by atoms with Crippen LogP contribution in [0, 0.1) is 0 Å². The van der Waals surface area contributed by atoms with Gasteiger partial charge in [-0.15, -0.1) is 0 Å². The standard InChI is InChI=1S/C39H30BN/c1-7-19-31(20-8-1)37(32-21-9-2-10-22-32)38(33-23-11-3-12-24-33,34-25-13-4-14-26-34)40-41-39(37,35-27-15-5-16-28-35)36-29-17-6-18-30-36/h1-30H. The van der Waals surface area contributed by atoms with E-state index in [2.05, 4.69) is 189 Å². The Morgan fingerprint density at radius 1 is 0.317 bits per heavy atom. The van der Waals surface area contributed by atoms with Crippen LogP contribution in [0.5, 0.6) is 0 Å². The number of benzene rings is 6. The Labute approximate surface area is 243 Å². The molecule has 7 rings (SSSR count). The summed E-state index contributed by atoms with van der Waals surface area (Å²) in [6.45, 7) is 0. The van der Waals surface area contributed by atoms with Crippen LogP contribution in [0.3, 0.4) is 0 Å². The SMILES string of the molecule is B1=NC(c2ccccc2)(c2ccccc2)C(c2ccccc2)(c2ccccc2)C1(c1ccccc1)c1ccccc1. The maximum absolute atomic E-state index is 5.80. The number of hydrogen-bond donors (Lipinski definition) is 0. The summed E-state index contributed by atoms with van der Waals surface area (Å²) in [5, 5.41) is -0.649. The topological polar surface area (TPSA) is 12.4 Å². The summed E-state index contributed by atoms with van der Waals surface area (Å²) in [4.78, 5) is 5.80. The van der Waals surface area contributed by atoms with Crippen LogP contribution in [0.1, 0.15) is 33.4 Å². The van der Waals surface area contributed by atoms with E-state index in [1.54, 1.807) is 0 Å². The van der Waals surface area contributed by atoms with Gasteiger partial charge in [-0.05, 0) is 0 Å². The fraction of sp³-hybridized carbons (Fsp3) is 0.0769. The van der Waals surface area contributed by atoms with E-state index in [0.717, 1.165) is 11.1 Å². The van der Waals surface area contributed by atoms with Crippen molar-refractivity contribution in [3.8, 4) is 0 Å². The van der Waals surface area contributed by atoms with Gasteiger partial charge in [0.15, 0.2) is 0 Å². The summed E-state index contributed by atoms with van der Waals surface area (Å²) in [7, 11) is 2.26. The van der Waals surface area contributed by atoms with E-state index in [4.69, 9.17) is 4.90 Å². The van der Waals surface area contributed by atoms with E-state index in [-0.39, 0.29) is 0 Å². The molecule has 0 aliphatic carbocycles. The van der Waals surface area contributed by atoms with Crippen LogP contribution in [0.2, 0.25) is 0 Å². The molecule has 1 aliphatic rings. The van der Waals surface area contributed by atoms with E-state index in [9.17, 15) is 0 Å². The molecule has 0 fully saturated rings. The maximum atomic E-state index is 5.80. The Morgan fingerprint density at radius 2 is 0.585 bits per heavy atom. The van der Waals surface area contributed by atoms with Crippen LogP contribution in [0.25, 0.3) is 0 Å². The molecule has 1 heterocycles. The van der Waals surface area contributed by atoms with Gasteiger partial charge in [0.25, 0.3) is 0 Å². The van der Waals surface area contributed by atoms with Crippen molar-refractivity contribution in [2.24, 2.45) is 4.90 Å². The summed E-state index contributed by atoms with van der Waals surface area (Å²) >= 11 is 0. The predicted octanol–water partition coefficient (Wildman–Crippen LogP) is 8.76. The molecule has 0 atom stereocenters. The van der Waals surface area contributed by atoms with E-state index in [1.165, 1.54) is 22.3 Å². The van der Waals surface area contributed by atoms with E-state index >= 15 is 0 Å². The zero-order valence-corrected chi connectivity index (χ0v) is 22.8. The Morgan fingerprint density at radius 3 is 0.902 bits per heavy atom. The van der Waals surface area contributed by atoms with Gasteiger partial charge >= 0.3 is 244 Å². The van der Waals surface area contributed by atoms with E-state index in [0.29, 0.717) is 0 Å². The first-order chi connectivity index (χ1) is 20.3. The molecule has 6 aromatic carbocycles. The third kappa shape index (κ3) is 3.57. The minimum absolute atomic E-state index is 0.649. The molecule has 0 radical (unpaired) electrons. The van der Waals surface area contributed by atoms with Gasteiger partial charge < -0.3 is 0 Å². The Balaban J connectivity index is 1.77. The van der Waals surface area contributed by atoms with Crippen LogP contribution in [0.15, 0.2) is 187 Å². The van der Waals surface area contributed by atoms with Crippen molar-refractivity contribution in [3.05, 3.63) is 215 Å². The minimum atomic E-state index is -0.788. The molecular formula is C39H30BN. The second-order valence-electron chi connectivity index (χ2n) is 10.7. The average molecular weight is 523 g/mol. The Kier molecular flexibility index (Phi) is 6.32. The molecule has 2 heteroatoms. The van der Waals surface area contributed by atoms with Gasteiger partial charge in [0.05, 0.1) is 0 Å². The molecule has 0 unspecified atom stereocenters. The molecule has 0 aromatic heterocycles. The van der Waals surface area contributed by atoms with Crippen molar-refractivity contribution >= 4 is 7.07 Å². The molecule has 41 heavy (non-hydrogen) atoms. The summed E-state index contributed by atoms with van der Waals surface area (Å²) in [5.74, 6) is 0. The summed E-state index contributed by atoms with van der Waals surface area (Å²) in [6, 6.07) is 65.7. The van der Waals surface area contributed by atoms with Crippen LogP contribution >= 0.6 is 0 Å². The number of rotatable bonds is 6. The molecule has 0 amide bonds. The van der Waals surface area contributed by atoms with Gasteiger partial charge in [0.2, 0.25) is 0 Å². The monoisotopic (exact) mass is 523 g/mol. The first-order valence-electron chi connectivity index (χ1n) is 14.2. The van der Waals surface area contributed by atoms with Crippen molar-refractivity contribution < 1.29 is 0 Å². The quantitative estimate of drug-likeness (QED) is 0.194. The summed E-state index contributed by atoms with van der Waals surface area (Å²) in [5.41, 5.74) is 5.66. The number of hydrogen-bond acceptors (Lipinski definition) is 1. The summed E-state index contributed by atoms with van der Waals surface area (Å²) < 4.78 is 0. The zero-order chi connectivity index (χ0) is 27.6. The second-order valence-corrected chi connectivity index (χ2v) is 10.7. The van der Waals surface area contributed by atoms with Gasteiger partial charge in [0, 0.05) is 0 Å². The molecule has 0 spiro atoms. The predicted molar refractivity (Wildman–Crippen MR) is 169 cm³/mol. The molecule has 0 saturated carbocycles. The molecule has 0 saturated heterocycles. The van der Waals surface area contributed by atoms with Gasteiger partial charge in [0.1, 0.15) is 0 Å². The van der Waals surface area contributed by atoms with Crippen LogP contribution in [-0.2, 0) is 16.3 Å². The molecule has 1 nitrogen and oxygen atoms in total. The Hall–Kier alpha value is -4.82. The summed E-state index contributed by atoms with van der Waals surface area (Å²) in [6.07, 6.45) is 0. The molecular weight excluding hydrogens is 493 g/mol. The number of nitrogens with zero attached hydrogens (tertiary/aromatic N) is 1. The zero-order valence-electron chi connectivity index (χ0n) is 22.8. The molecule has 194 valence electrons. The van der Waals surface area contributed by atoms with Gasteiger partial charge in [-0.2, -0.15) is 0 Å². The van der Waals surface area contributed by atoms with Gasteiger partial charge in [-0.25, -0.2) is 0 Å². The first kappa shape index (κ1) is 25.2. The van der Waals surface area contributed by atoms with Crippen LogP contribution in [-0.4, -0.2) is 7.07 Å². The molecule has 6 aromatic rings. The third-order valence-electron chi connectivity index (χ3n) is 8.84. The second kappa shape index (κ2) is 10.3. The van der Waals surface area contributed by atoms with Gasteiger partial charge in [-0.3, -0.25) is 0 Å². The molecule has 0 bridgehead atoms. The van der Waals surface area contributed by atoms with Crippen LogP contribution < -0.4 is 0 Å². The molecule has 1 aliphatic heterocycles. The third-order valence-corrected chi connectivity index (χ3v) is 8.84. The van der Waals surface area contributed by atoms with Crippen molar-refractivity contribution in [2.75, 3.05) is 0 Å². The average Bonchev–Trinajstić information content (AvgIpc) is 3.41. The van der Waals surface area contributed by atoms with Crippen LogP contribution in [0.4, 0.5) is 0 Å². The van der Waals surface area contributed by atoms with E-state index in [1.807, 2.05) is 0 Å². The van der Waals surface area contributed by atoms with E-state index < -0.39 is 16.3 Å². The normalized spacial score (nSPS) is 16.1. The first-order valence-corrected chi connectivity index (χ1v) is 14.2. The van der Waals surface area contributed by atoms with Crippen molar-refractivity contribution in [1.82, 2.24) is 0 Å². The molecule has 0 N–H and O–H groups in total. The fourth-order valence-corrected chi connectivity index (χ4v) is 7.35.